The summed E-state index contributed by atoms with van der Waals surface area (Å²) >= 11 is 0. The van der Waals surface area contributed by atoms with Gasteiger partial charge in [0.25, 0.3) is 0 Å². The quantitative estimate of drug-likeness (QED) is 0.599. The molecular formula is C16H22ClNO6. The predicted octanol–water partition coefficient (Wildman–Crippen LogP) is -1.73. The summed E-state index contributed by atoms with van der Waals surface area (Å²) in [6.45, 7) is 9.58. The lowest BCUT2D eigenvalue weighted by Gasteiger charge is -2.17. The first-order valence-electron chi connectivity index (χ1n) is 7.41. The van der Waals surface area contributed by atoms with Crippen LogP contribution in [0.2, 0.25) is 0 Å². The van der Waals surface area contributed by atoms with Gasteiger partial charge in [0.1, 0.15) is 29.7 Å². The van der Waals surface area contributed by atoms with Crippen LogP contribution in [0, 0.1) is 24.1 Å². The summed E-state index contributed by atoms with van der Waals surface area (Å²) < 4.78 is 47.7. The molecule has 0 bridgehead atoms. The van der Waals surface area contributed by atoms with Crippen molar-refractivity contribution in [3.05, 3.63) is 29.6 Å². The maximum Gasteiger partial charge on any atom is 0.190 e. The minimum atomic E-state index is -4.94. The average molecular weight is 360 g/mol. The zero-order valence-corrected chi connectivity index (χ0v) is 15.2. The topological polar surface area (TPSA) is 115 Å². The van der Waals surface area contributed by atoms with E-state index in [1.807, 2.05) is 32.0 Å². The van der Waals surface area contributed by atoms with Gasteiger partial charge in [-0.3, -0.25) is 0 Å². The number of rotatable bonds is 4. The summed E-state index contributed by atoms with van der Waals surface area (Å²) in [5, 5.41) is 0. The van der Waals surface area contributed by atoms with E-state index in [1.165, 1.54) is 11.4 Å². The molecule has 8 heteroatoms. The Hall–Kier alpha value is -1.64. The summed E-state index contributed by atoms with van der Waals surface area (Å²) in [4.78, 5) is 0. The molecule has 1 aliphatic heterocycles. The Labute approximate surface area is 143 Å². The first-order valence-corrected chi connectivity index (χ1v) is 8.64. The van der Waals surface area contributed by atoms with Crippen LogP contribution in [0.3, 0.4) is 0 Å². The number of hydrogen-bond donors (Lipinski definition) is 0. The van der Waals surface area contributed by atoms with Gasteiger partial charge in [-0.1, -0.05) is 6.07 Å². The van der Waals surface area contributed by atoms with E-state index in [2.05, 4.69) is 25.5 Å². The Morgan fingerprint density at radius 1 is 0.875 bits per heavy atom. The molecule has 2 rings (SSSR count). The molecular weight excluding hydrogens is 338 g/mol. The molecule has 7 nitrogen and oxygen atoms in total. The molecule has 0 saturated heterocycles. The predicted molar refractivity (Wildman–Crippen MR) is 76.1 cm³/mol. The van der Waals surface area contributed by atoms with Crippen molar-refractivity contribution in [2.24, 2.45) is 7.05 Å². The average Bonchev–Trinajstić information content (AvgIpc) is 2.62. The molecule has 0 saturated carbocycles. The third-order valence-electron chi connectivity index (χ3n) is 3.57. The molecule has 0 radical (unpaired) electrons. The maximum absolute atomic E-state index is 8.49. The van der Waals surface area contributed by atoms with Gasteiger partial charge in [-0.05, 0) is 26.0 Å². The number of halogens is 1. The van der Waals surface area contributed by atoms with E-state index in [0.29, 0.717) is 13.2 Å². The van der Waals surface area contributed by atoms with E-state index < -0.39 is 10.2 Å². The van der Waals surface area contributed by atoms with Crippen molar-refractivity contribution >= 4 is 0 Å². The molecule has 1 aliphatic carbocycles. The molecule has 0 atom stereocenters. The third-order valence-corrected chi connectivity index (χ3v) is 3.57. The molecule has 1 heterocycles. The fourth-order valence-corrected chi connectivity index (χ4v) is 2.49. The molecule has 0 aromatic rings. The number of hydrogen-bond acceptors (Lipinski definition) is 6. The standard InChI is InChI=1S/C16H22NO2.ClHO4/c1-6-18-13-9-8-10-14(19-7-2)16-12(4)17(5)11(3)15(13)16;2-1(3,4)5/h8-10H,6-7H2,1-5H3;(H,2,3,4,5)/q+1;/p-1. The second-order valence-electron chi connectivity index (χ2n) is 4.98. The summed E-state index contributed by atoms with van der Waals surface area (Å²) in [5.74, 6) is 1.84. The van der Waals surface area contributed by atoms with Crippen LogP contribution < -0.4 is 32.7 Å². The zero-order valence-electron chi connectivity index (χ0n) is 14.4. The summed E-state index contributed by atoms with van der Waals surface area (Å²) in [5.41, 5.74) is 4.70. The van der Waals surface area contributed by atoms with E-state index in [0.717, 1.165) is 22.6 Å². The van der Waals surface area contributed by atoms with Crippen molar-refractivity contribution in [3.63, 3.8) is 0 Å². The largest absolute Gasteiger partial charge is 0.493 e. The van der Waals surface area contributed by atoms with Gasteiger partial charge in [-0.15, -0.1) is 10.2 Å². The van der Waals surface area contributed by atoms with Gasteiger partial charge in [0, 0.05) is 13.8 Å². The lowest BCUT2D eigenvalue weighted by molar-refractivity contribution is -2.00. The van der Waals surface area contributed by atoms with E-state index in [-0.39, 0.29) is 0 Å². The van der Waals surface area contributed by atoms with Crippen LogP contribution in [-0.2, 0) is 7.05 Å². The second kappa shape index (κ2) is 8.46. The van der Waals surface area contributed by atoms with Gasteiger partial charge >= 0.3 is 0 Å². The van der Waals surface area contributed by atoms with E-state index in [9.17, 15) is 0 Å². The monoisotopic (exact) mass is 359 g/mol. The summed E-state index contributed by atoms with van der Waals surface area (Å²) in [6, 6.07) is 6.02. The molecule has 0 aromatic carbocycles. The molecule has 24 heavy (non-hydrogen) atoms. The van der Waals surface area contributed by atoms with Crippen LogP contribution in [0.15, 0.2) is 18.2 Å². The van der Waals surface area contributed by atoms with Crippen molar-refractivity contribution in [2.75, 3.05) is 13.2 Å². The van der Waals surface area contributed by atoms with Crippen LogP contribution in [0.1, 0.15) is 25.2 Å². The normalized spacial score (nSPS) is 11.0. The Kier molecular flexibility index (Phi) is 7.19. The van der Waals surface area contributed by atoms with Crippen LogP contribution >= 0.6 is 0 Å². The van der Waals surface area contributed by atoms with Crippen LogP contribution in [0.25, 0.3) is 11.1 Å². The molecule has 0 spiro atoms. The lowest BCUT2D eigenvalue weighted by Crippen LogP contribution is -2.68. The molecule has 134 valence electrons. The van der Waals surface area contributed by atoms with Crippen molar-refractivity contribution in [3.8, 4) is 22.6 Å². The van der Waals surface area contributed by atoms with Gasteiger partial charge in [0.2, 0.25) is 0 Å². The van der Waals surface area contributed by atoms with Crippen LogP contribution in [0.4, 0.5) is 0 Å². The smallest absolute Gasteiger partial charge is 0.190 e. The van der Waals surface area contributed by atoms with Gasteiger partial charge in [-0.2, -0.15) is 0 Å². The number of aromatic nitrogens is 1. The first kappa shape index (κ1) is 20.4. The Morgan fingerprint density at radius 3 is 1.50 bits per heavy atom. The highest BCUT2D eigenvalue weighted by atomic mass is 35.7. The van der Waals surface area contributed by atoms with Crippen molar-refractivity contribution in [1.82, 2.24) is 0 Å². The zero-order chi connectivity index (χ0) is 18.5. The highest BCUT2D eigenvalue weighted by Crippen LogP contribution is 2.41. The number of nitrogens with zero attached hydrogens (tertiary/aromatic N) is 1. The van der Waals surface area contributed by atoms with E-state index in [1.54, 1.807) is 0 Å². The van der Waals surface area contributed by atoms with Crippen LogP contribution in [-0.4, -0.2) is 13.2 Å². The van der Waals surface area contributed by atoms with Crippen LogP contribution in [0.5, 0.6) is 11.5 Å². The fraction of sp³-hybridized carbons (Fsp3) is 0.438. The molecule has 0 unspecified atom stereocenters. The summed E-state index contributed by atoms with van der Waals surface area (Å²) in [7, 11) is -2.86. The Balaban J connectivity index is 0.000000505. The minimum absolute atomic E-state index is 0.663. The van der Waals surface area contributed by atoms with Gasteiger partial charge in [0.05, 0.1) is 13.2 Å². The SMILES string of the molecule is CCOc1cccc(OCC)c2c(C)[n+](C)c(C)c1-2.[O-][Cl+3]([O-])([O-])[O-]. The van der Waals surface area contributed by atoms with Crippen molar-refractivity contribution < 1.29 is 42.9 Å². The number of ether oxygens (including phenoxy) is 2. The maximum atomic E-state index is 8.49. The van der Waals surface area contributed by atoms with Crippen molar-refractivity contribution in [1.29, 1.82) is 0 Å². The third kappa shape index (κ3) is 5.19. The Bertz CT molecular complexity index is 604. The van der Waals surface area contributed by atoms with Gasteiger partial charge in [0.15, 0.2) is 11.4 Å². The minimum Gasteiger partial charge on any atom is -0.493 e. The fourth-order valence-electron chi connectivity index (χ4n) is 2.49. The lowest BCUT2D eigenvalue weighted by atomic mass is 10.1. The molecule has 0 amide bonds. The van der Waals surface area contributed by atoms with E-state index >= 15 is 0 Å². The first-order chi connectivity index (χ1) is 11.1. The highest BCUT2D eigenvalue weighted by Gasteiger charge is 2.29. The molecule has 0 fully saturated rings. The van der Waals surface area contributed by atoms with E-state index in [4.69, 9.17) is 28.1 Å². The molecule has 2 aliphatic rings. The van der Waals surface area contributed by atoms with Gasteiger partial charge < -0.3 is 9.47 Å². The number of fused-ring (bicyclic) bond motifs is 1. The van der Waals surface area contributed by atoms with Gasteiger partial charge in [-0.25, -0.2) is 23.2 Å². The Morgan fingerprint density at radius 2 is 1.21 bits per heavy atom. The summed E-state index contributed by atoms with van der Waals surface area (Å²) in [6.07, 6.45) is 0. The molecule has 0 aromatic heterocycles. The highest BCUT2D eigenvalue weighted by molar-refractivity contribution is 5.79. The van der Waals surface area contributed by atoms with Crippen molar-refractivity contribution in [2.45, 2.75) is 27.7 Å². The molecule has 0 N–H and O–H groups in total. The second-order valence-corrected chi connectivity index (χ2v) is 5.73.